The minimum absolute atomic E-state index is 0.191. The standard InChI is InChI=1S/C15H25NO3S/c1-13(2)7-10-20(17,18)9-4-8-19-15-6-3-5-14(11-15)12-16/h3,5-6,11,13H,4,7-10,12,16H2,1-2H3. The average molecular weight is 299 g/mol. The third kappa shape index (κ3) is 6.91. The number of ether oxygens (including phenoxy) is 1. The number of nitrogens with two attached hydrogens (primary N) is 1. The van der Waals surface area contributed by atoms with Gasteiger partial charge in [0.2, 0.25) is 0 Å². The van der Waals surface area contributed by atoms with Gasteiger partial charge in [-0.1, -0.05) is 26.0 Å². The number of hydrogen-bond acceptors (Lipinski definition) is 4. The molecule has 0 unspecified atom stereocenters. The summed E-state index contributed by atoms with van der Waals surface area (Å²) >= 11 is 0. The van der Waals surface area contributed by atoms with Crippen LogP contribution in [-0.2, 0) is 16.4 Å². The van der Waals surface area contributed by atoms with E-state index in [-0.39, 0.29) is 11.5 Å². The van der Waals surface area contributed by atoms with E-state index in [0.717, 1.165) is 17.7 Å². The molecule has 2 N–H and O–H groups in total. The molecule has 0 spiro atoms. The minimum atomic E-state index is -2.94. The lowest BCUT2D eigenvalue weighted by Gasteiger charge is -2.09. The maximum atomic E-state index is 11.8. The highest BCUT2D eigenvalue weighted by Crippen LogP contribution is 2.13. The van der Waals surface area contributed by atoms with Crippen molar-refractivity contribution in [2.75, 3.05) is 18.1 Å². The molecule has 0 aliphatic carbocycles. The van der Waals surface area contributed by atoms with Crippen molar-refractivity contribution in [1.82, 2.24) is 0 Å². The molecule has 20 heavy (non-hydrogen) atoms. The first kappa shape index (κ1) is 17.0. The van der Waals surface area contributed by atoms with Crippen molar-refractivity contribution in [2.45, 2.75) is 33.2 Å². The lowest BCUT2D eigenvalue weighted by molar-refractivity contribution is 0.317. The lowest BCUT2D eigenvalue weighted by atomic mass is 10.2. The summed E-state index contributed by atoms with van der Waals surface area (Å²) in [5, 5.41) is 0. The number of benzene rings is 1. The molecule has 0 radical (unpaired) electrons. The van der Waals surface area contributed by atoms with Gasteiger partial charge in [0, 0.05) is 6.54 Å². The van der Waals surface area contributed by atoms with Gasteiger partial charge >= 0.3 is 0 Å². The molecule has 5 heteroatoms. The number of sulfone groups is 1. The molecule has 0 aromatic heterocycles. The van der Waals surface area contributed by atoms with E-state index in [9.17, 15) is 8.42 Å². The van der Waals surface area contributed by atoms with E-state index < -0.39 is 9.84 Å². The Morgan fingerprint density at radius 2 is 2.00 bits per heavy atom. The van der Waals surface area contributed by atoms with Crippen molar-refractivity contribution in [3.63, 3.8) is 0 Å². The van der Waals surface area contributed by atoms with Gasteiger partial charge in [0.05, 0.1) is 18.1 Å². The SMILES string of the molecule is CC(C)CCS(=O)(=O)CCCOc1cccc(CN)c1. The monoisotopic (exact) mass is 299 g/mol. The fourth-order valence-corrected chi connectivity index (χ4v) is 3.34. The maximum absolute atomic E-state index is 11.8. The van der Waals surface area contributed by atoms with E-state index in [1.807, 2.05) is 38.1 Å². The summed E-state index contributed by atoms with van der Waals surface area (Å²) < 4.78 is 29.1. The van der Waals surface area contributed by atoms with Gasteiger partial charge in [0.25, 0.3) is 0 Å². The second-order valence-corrected chi connectivity index (χ2v) is 7.69. The van der Waals surface area contributed by atoms with Gasteiger partial charge in [-0.2, -0.15) is 0 Å². The highest BCUT2D eigenvalue weighted by Gasteiger charge is 2.11. The van der Waals surface area contributed by atoms with Crippen molar-refractivity contribution in [1.29, 1.82) is 0 Å². The second-order valence-electron chi connectivity index (χ2n) is 5.39. The van der Waals surface area contributed by atoms with Crippen LogP contribution >= 0.6 is 0 Å². The van der Waals surface area contributed by atoms with Crippen molar-refractivity contribution in [3.8, 4) is 5.75 Å². The molecule has 0 aliphatic heterocycles. The average Bonchev–Trinajstić information content (AvgIpc) is 2.42. The quantitative estimate of drug-likeness (QED) is 0.711. The minimum Gasteiger partial charge on any atom is -0.494 e. The van der Waals surface area contributed by atoms with E-state index in [0.29, 0.717) is 25.5 Å². The van der Waals surface area contributed by atoms with Gasteiger partial charge in [0.15, 0.2) is 0 Å². The Morgan fingerprint density at radius 1 is 1.25 bits per heavy atom. The molecule has 0 aliphatic rings. The third-order valence-corrected chi connectivity index (χ3v) is 4.78. The Kier molecular flexibility index (Phi) is 7.02. The van der Waals surface area contributed by atoms with Crippen LogP contribution in [0.1, 0.15) is 32.3 Å². The fraction of sp³-hybridized carbons (Fsp3) is 0.600. The molecule has 1 aromatic rings. The van der Waals surface area contributed by atoms with Crippen LogP contribution in [0.25, 0.3) is 0 Å². The van der Waals surface area contributed by atoms with Crippen LogP contribution in [0, 0.1) is 5.92 Å². The summed E-state index contributed by atoms with van der Waals surface area (Å²) in [5.41, 5.74) is 6.56. The highest BCUT2D eigenvalue weighted by atomic mass is 32.2. The molecule has 114 valence electrons. The Hall–Kier alpha value is -1.07. The second kappa shape index (κ2) is 8.27. The molecule has 1 aromatic carbocycles. The largest absolute Gasteiger partial charge is 0.494 e. The molecule has 4 nitrogen and oxygen atoms in total. The predicted octanol–water partition coefficient (Wildman–Crippen LogP) is 2.38. The molecule has 1 rings (SSSR count). The van der Waals surface area contributed by atoms with Crippen LogP contribution in [0.4, 0.5) is 0 Å². The summed E-state index contributed by atoms with van der Waals surface area (Å²) in [6.07, 6.45) is 1.25. The van der Waals surface area contributed by atoms with Crippen LogP contribution in [0.3, 0.4) is 0 Å². The summed E-state index contributed by atoms with van der Waals surface area (Å²) in [5.74, 6) is 1.62. The summed E-state index contributed by atoms with van der Waals surface area (Å²) in [4.78, 5) is 0. The Labute approximate surface area is 122 Å². The van der Waals surface area contributed by atoms with Crippen molar-refractivity contribution in [2.24, 2.45) is 11.7 Å². The zero-order valence-electron chi connectivity index (χ0n) is 12.3. The van der Waals surface area contributed by atoms with Crippen LogP contribution in [-0.4, -0.2) is 26.5 Å². The van der Waals surface area contributed by atoms with E-state index in [1.54, 1.807) is 0 Å². The first-order valence-corrected chi connectivity index (χ1v) is 8.87. The summed E-state index contributed by atoms with van der Waals surface area (Å²) in [7, 11) is -2.94. The molecular weight excluding hydrogens is 274 g/mol. The van der Waals surface area contributed by atoms with Gasteiger partial charge in [-0.15, -0.1) is 0 Å². The molecule has 0 fully saturated rings. The molecule has 0 amide bonds. The summed E-state index contributed by atoms with van der Waals surface area (Å²) in [6, 6.07) is 7.56. The number of hydrogen-bond donors (Lipinski definition) is 1. The van der Waals surface area contributed by atoms with Gasteiger partial charge in [-0.3, -0.25) is 0 Å². The van der Waals surface area contributed by atoms with Gasteiger partial charge in [0.1, 0.15) is 15.6 Å². The van der Waals surface area contributed by atoms with E-state index >= 15 is 0 Å². The Bertz CT molecular complexity index is 498. The maximum Gasteiger partial charge on any atom is 0.150 e. The van der Waals surface area contributed by atoms with Crippen LogP contribution in [0.15, 0.2) is 24.3 Å². The van der Waals surface area contributed by atoms with Crippen molar-refractivity contribution < 1.29 is 13.2 Å². The van der Waals surface area contributed by atoms with Crippen molar-refractivity contribution >= 4 is 9.84 Å². The molecule has 0 saturated heterocycles. The van der Waals surface area contributed by atoms with Crippen molar-refractivity contribution in [3.05, 3.63) is 29.8 Å². The molecule has 0 heterocycles. The van der Waals surface area contributed by atoms with E-state index in [4.69, 9.17) is 10.5 Å². The lowest BCUT2D eigenvalue weighted by Crippen LogP contribution is -2.15. The molecular formula is C15H25NO3S. The first-order valence-electron chi connectivity index (χ1n) is 7.05. The van der Waals surface area contributed by atoms with E-state index in [2.05, 4.69) is 0 Å². The fourth-order valence-electron chi connectivity index (χ4n) is 1.75. The summed E-state index contributed by atoms with van der Waals surface area (Å²) in [6.45, 7) is 4.95. The topological polar surface area (TPSA) is 69.4 Å². The molecule has 0 atom stereocenters. The third-order valence-electron chi connectivity index (χ3n) is 3.01. The van der Waals surface area contributed by atoms with Crippen LogP contribution in [0.2, 0.25) is 0 Å². The molecule has 0 saturated carbocycles. The number of rotatable bonds is 9. The Morgan fingerprint density at radius 3 is 2.65 bits per heavy atom. The Balaban J connectivity index is 2.30. The smallest absolute Gasteiger partial charge is 0.150 e. The highest BCUT2D eigenvalue weighted by molar-refractivity contribution is 7.91. The van der Waals surface area contributed by atoms with E-state index in [1.165, 1.54) is 0 Å². The zero-order chi connectivity index (χ0) is 15.0. The van der Waals surface area contributed by atoms with Gasteiger partial charge < -0.3 is 10.5 Å². The predicted molar refractivity (Wildman–Crippen MR) is 82.6 cm³/mol. The van der Waals surface area contributed by atoms with Gasteiger partial charge in [-0.25, -0.2) is 8.42 Å². The molecule has 0 bridgehead atoms. The van der Waals surface area contributed by atoms with Crippen LogP contribution < -0.4 is 10.5 Å². The van der Waals surface area contributed by atoms with Crippen LogP contribution in [0.5, 0.6) is 5.75 Å². The van der Waals surface area contributed by atoms with Gasteiger partial charge in [-0.05, 0) is 36.5 Å². The zero-order valence-corrected chi connectivity index (χ0v) is 13.2. The normalized spacial score (nSPS) is 11.8. The first-order chi connectivity index (χ1) is 9.43.